The van der Waals surface area contributed by atoms with E-state index in [2.05, 4.69) is 0 Å². The zero-order valence-corrected chi connectivity index (χ0v) is 23.5. The van der Waals surface area contributed by atoms with Crippen molar-refractivity contribution in [2.75, 3.05) is 19.7 Å². The van der Waals surface area contributed by atoms with E-state index in [1.807, 2.05) is 41.3 Å². The third kappa shape index (κ3) is 6.32. The van der Waals surface area contributed by atoms with Crippen molar-refractivity contribution in [3.63, 3.8) is 0 Å². The molecule has 0 aromatic heterocycles. The van der Waals surface area contributed by atoms with Crippen molar-refractivity contribution >= 4 is 29.1 Å². The van der Waals surface area contributed by atoms with Gasteiger partial charge in [-0.15, -0.1) is 0 Å². The highest BCUT2D eigenvalue weighted by atomic mass is 35.5. The first-order chi connectivity index (χ1) is 20.2. The van der Waals surface area contributed by atoms with Gasteiger partial charge in [0.1, 0.15) is 12.1 Å². The van der Waals surface area contributed by atoms with Crippen LogP contribution in [0, 0.1) is 23.4 Å². The molecule has 220 valence electrons. The number of benzene rings is 3. The van der Waals surface area contributed by atoms with Gasteiger partial charge in [0, 0.05) is 23.7 Å². The number of nitrogens with zero attached hydrogens (tertiary/aromatic N) is 1. The largest absolute Gasteiger partial charge is 0.488 e. The van der Waals surface area contributed by atoms with Gasteiger partial charge >= 0.3 is 5.97 Å². The number of rotatable bonds is 11. The molecule has 5 rings (SSSR count). The maximum atomic E-state index is 13.8. The average molecular weight is 599 g/mol. The lowest BCUT2D eigenvalue weighted by Gasteiger charge is -2.36. The Balaban J connectivity index is 1.26. The van der Waals surface area contributed by atoms with Crippen LogP contribution in [0.25, 0.3) is 5.57 Å². The van der Waals surface area contributed by atoms with Gasteiger partial charge in [-0.2, -0.15) is 4.39 Å². The van der Waals surface area contributed by atoms with Crippen molar-refractivity contribution < 1.29 is 32.2 Å². The molecule has 10 heteroatoms. The molecule has 42 heavy (non-hydrogen) atoms. The van der Waals surface area contributed by atoms with E-state index >= 15 is 0 Å². The molecule has 3 aromatic rings. The molecule has 1 heterocycles. The smallest absolute Gasteiger partial charge is 0.315 e. The van der Waals surface area contributed by atoms with Crippen molar-refractivity contribution in [3.8, 4) is 5.75 Å². The standard InChI is InChI=1S/C32H30ClF3N2O4/c33-25-6-2-1-5-22(25)19-42-30(39)24-18-38(32(14-15-32)31(37)40)16-13-23(24)21-9-7-20(8-10-21)4-3-17-41-29-27(35)12-11-26(34)28(29)36/h1-2,5-13,24H,3-4,14-19H2,(H2,37,40). The summed E-state index contributed by atoms with van der Waals surface area (Å²) < 4.78 is 51.8. The van der Waals surface area contributed by atoms with E-state index in [9.17, 15) is 22.8 Å². The van der Waals surface area contributed by atoms with Crippen LogP contribution >= 0.6 is 11.6 Å². The molecule has 1 amide bonds. The van der Waals surface area contributed by atoms with Crippen LogP contribution in [0.5, 0.6) is 5.75 Å². The van der Waals surface area contributed by atoms with E-state index in [4.69, 9.17) is 26.8 Å². The number of esters is 1. The molecule has 1 fully saturated rings. The predicted octanol–water partition coefficient (Wildman–Crippen LogP) is 5.85. The van der Waals surface area contributed by atoms with Crippen LogP contribution in [-0.4, -0.2) is 42.0 Å². The lowest BCUT2D eigenvalue weighted by molar-refractivity contribution is -0.149. The fourth-order valence-electron chi connectivity index (χ4n) is 5.27. The van der Waals surface area contributed by atoms with Gasteiger partial charge in [-0.3, -0.25) is 14.5 Å². The summed E-state index contributed by atoms with van der Waals surface area (Å²) in [6, 6.07) is 16.3. The Morgan fingerprint density at radius 2 is 1.71 bits per heavy atom. The van der Waals surface area contributed by atoms with Crippen LogP contribution in [0.4, 0.5) is 13.2 Å². The highest BCUT2D eigenvalue weighted by Gasteiger charge is 2.54. The summed E-state index contributed by atoms with van der Waals surface area (Å²) in [5.74, 6) is -5.66. The maximum absolute atomic E-state index is 13.8. The number of hydrogen-bond donors (Lipinski definition) is 1. The van der Waals surface area contributed by atoms with Crippen LogP contribution in [0.1, 0.15) is 36.0 Å². The molecule has 0 bridgehead atoms. The molecule has 1 saturated carbocycles. The maximum Gasteiger partial charge on any atom is 0.315 e. The highest BCUT2D eigenvalue weighted by molar-refractivity contribution is 6.31. The second kappa shape index (κ2) is 12.6. The van der Waals surface area contributed by atoms with Crippen LogP contribution in [0.15, 0.2) is 66.7 Å². The van der Waals surface area contributed by atoms with Gasteiger partial charge in [-0.05, 0) is 60.6 Å². The highest BCUT2D eigenvalue weighted by Crippen LogP contribution is 2.44. The van der Waals surface area contributed by atoms with Gasteiger partial charge in [0.15, 0.2) is 17.4 Å². The first-order valence-electron chi connectivity index (χ1n) is 13.7. The zero-order valence-electron chi connectivity index (χ0n) is 22.8. The summed E-state index contributed by atoms with van der Waals surface area (Å²) in [4.78, 5) is 27.6. The number of ether oxygens (including phenoxy) is 2. The molecule has 2 aliphatic rings. The van der Waals surface area contributed by atoms with Crippen molar-refractivity contribution in [1.29, 1.82) is 0 Å². The van der Waals surface area contributed by atoms with E-state index < -0.39 is 46.5 Å². The number of primary amides is 1. The third-order valence-corrected chi connectivity index (χ3v) is 8.22. The molecule has 1 unspecified atom stereocenters. The second-order valence-electron chi connectivity index (χ2n) is 10.5. The van der Waals surface area contributed by atoms with Crippen molar-refractivity contribution in [1.82, 2.24) is 4.90 Å². The molecule has 1 aliphatic heterocycles. The van der Waals surface area contributed by atoms with Gasteiger partial charge in [-0.25, -0.2) is 8.78 Å². The van der Waals surface area contributed by atoms with Gasteiger partial charge in [0.25, 0.3) is 0 Å². The Bertz CT molecular complexity index is 1510. The Kier molecular flexibility index (Phi) is 8.89. The van der Waals surface area contributed by atoms with Gasteiger partial charge in [0.2, 0.25) is 11.7 Å². The Hall–Kier alpha value is -3.82. The molecule has 3 aromatic carbocycles. The predicted molar refractivity (Wildman–Crippen MR) is 152 cm³/mol. The number of carbonyl (C=O) groups is 2. The Morgan fingerprint density at radius 1 is 1.00 bits per heavy atom. The van der Waals surface area contributed by atoms with Crippen LogP contribution in [-0.2, 0) is 27.4 Å². The van der Waals surface area contributed by atoms with Gasteiger partial charge in [-0.1, -0.05) is 60.1 Å². The fourth-order valence-corrected chi connectivity index (χ4v) is 5.46. The van der Waals surface area contributed by atoms with Crippen LogP contribution in [0.3, 0.4) is 0 Å². The lowest BCUT2D eigenvalue weighted by Crippen LogP contribution is -2.51. The topological polar surface area (TPSA) is 81.9 Å². The summed E-state index contributed by atoms with van der Waals surface area (Å²) >= 11 is 6.24. The minimum Gasteiger partial charge on any atom is -0.488 e. The molecule has 0 spiro atoms. The molecular weight excluding hydrogens is 569 g/mol. The first-order valence-corrected chi connectivity index (χ1v) is 14.1. The monoisotopic (exact) mass is 598 g/mol. The van der Waals surface area contributed by atoms with E-state index in [-0.39, 0.29) is 13.2 Å². The van der Waals surface area contributed by atoms with Crippen molar-refractivity contribution in [2.45, 2.75) is 37.8 Å². The molecular formula is C32H30ClF3N2O4. The molecule has 6 nitrogen and oxygen atoms in total. The Labute approximate surface area is 246 Å². The third-order valence-electron chi connectivity index (χ3n) is 7.86. The minimum atomic E-state index is -1.35. The van der Waals surface area contributed by atoms with Gasteiger partial charge < -0.3 is 15.2 Å². The normalized spacial score (nSPS) is 17.8. The summed E-state index contributed by atoms with van der Waals surface area (Å²) in [6.45, 7) is 0.788. The number of carbonyl (C=O) groups excluding carboxylic acids is 2. The summed E-state index contributed by atoms with van der Waals surface area (Å²) in [5, 5.41) is 0.504. The number of nitrogens with two attached hydrogens (primary N) is 1. The van der Waals surface area contributed by atoms with Crippen molar-refractivity contribution in [2.24, 2.45) is 11.7 Å². The SMILES string of the molecule is NC(=O)C1(N2CC=C(c3ccc(CCCOc4c(F)ccc(F)c4F)cc3)C(C(=O)OCc3ccccc3Cl)C2)CC1. The number of amides is 1. The first kappa shape index (κ1) is 29.7. The fraction of sp³-hybridized carbons (Fsp3) is 0.312. The van der Waals surface area contributed by atoms with E-state index in [0.717, 1.165) is 22.8 Å². The quantitative estimate of drug-likeness (QED) is 0.170. The summed E-state index contributed by atoms with van der Waals surface area (Å²) in [6.07, 6.45) is 4.25. The average Bonchev–Trinajstić information content (AvgIpc) is 3.81. The minimum absolute atomic E-state index is 0.000983. The zero-order chi connectivity index (χ0) is 29.9. The van der Waals surface area contributed by atoms with Crippen LogP contribution in [0.2, 0.25) is 5.02 Å². The molecule has 0 saturated heterocycles. The molecule has 1 atom stereocenters. The summed E-state index contributed by atoms with van der Waals surface area (Å²) in [5.41, 5.74) is 8.25. The van der Waals surface area contributed by atoms with E-state index in [0.29, 0.717) is 55.4 Å². The van der Waals surface area contributed by atoms with Gasteiger partial charge in [0.05, 0.1) is 12.5 Å². The number of aryl methyl sites for hydroxylation is 1. The van der Waals surface area contributed by atoms with E-state index in [1.54, 1.807) is 18.2 Å². The molecule has 1 aliphatic carbocycles. The molecule has 2 N–H and O–H groups in total. The molecule has 0 radical (unpaired) electrons. The lowest BCUT2D eigenvalue weighted by atomic mass is 9.87. The summed E-state index contributed by atoms with van der Waals surface area (Å²) in [7, 11) is 0. The number of hydrogen-bond acceptors (Lipinski definition) is 5. The van der Waals surface area contributed by atoms with Crippen LogP contribution < -0.4 is 10.5 Å². The Morgan fingerprint density at radius 3 is 2.40 bits per heavy atom. The van der Waals surface area contributed by atoms with Crippen molar-refractivity contribution in [3.05, 3.63) is 106 Å². The van der Waals surface area contributed by atoms with E-state index in [1.165, 1.54) is 0 Å². The number of halogens is 4. The second-order valence-corrected chi connectivity index (χ2v) is 10.9.